The Kier molecular flexibility index (Phi) is 6.28. The average Bonchev–Trinajstić information content (AvgIpc) is 3.22. The van der Waals surface area contributed by atoms with Gasteiger partial charge in [0.1, 0.15) is 5.82 Å². The van der Waals surface area contributed by atoms with E-state index in [0.29, 0.717) is 31.7 Å². The minimum atomic E-state index is -0.489. The average molecular weight is 465 g/mol. The van der Waals surface area contributed by atoms with Gasteiger partial charge in [-0.15, -0.1) is 0 Å². The summed E-state index contributed by atoms with van der Waals surface area (Å²) in [7, 11) is 0. The Balaban J connectivity index is 1.18. The quantitative estimate of drug-likeness (QED) is 0.507. The van der Waals surface area contributed by atoms with Crippen LogP contribution in [0.5, 0.6) is 11.6 Å². The van der Waals surface area contributed by atoms with Gasteiger partial charge in [0.15, 0.2) is 11.6 Å². The first-order valence-corrected chi connectivity index (χ1v) is 11.5. The number of halogens is 2. The van der Waals surface area contributed by atoms with Crippen molar-refractivity contribution in [2.75, 3.05) is 19.7 Å². The monoisotopic (exact) mass is 464 g/mol. The molecular weight excluding hydrogens is 438 g/mol. The SMILES string of the molecule is O=C(c1ccnc(Oc2ccccc2F)c1)N1CCC2(CC1)COC(Cc1cccc(F)c1)C2. The number of hydrogen-bond acceptors (Lipinski definition) is 4. The third-order valence-electron chi connectivity index (χ3n) is 6.78. The van der Waals surface area contributed by atoms with Crippen molar-refractivity contribution in [2.45, 2.75) is 31.8 Å². The molecule has 0 N–H and O–H groups in total. The number of rotatable bonds is 5. The summed E-state index contributed by atoms with van der Waals surface area (Å²) >= 11 is 0. The first-order valence-electron chi connectivity index (χ1n) is 11.5. The molecule has 34 heavy (non-hydrogen) atoms. The summed E-state index contributed by atoms with van der Waals surface area (Å²) in [5.41, 5.74) is 1.47. The van der Waals surface area contributed by atoms with E-state index in [9.17, 15) is 13.6 Å². The fraction of sp³-hybridized carbons (Fsp3) is 0.333. The van der Waals surface area contributed by atoms with Crippen molar-refractivity contribution in [1.29, 1.82) is 0 Å². The van der Waals surface area contributed by atoms with E-state index in [1.54, 1.807) is 36.4 Å². The van der Waals surface area contributed by atoms with Crippen molar-refractivity contribution in [3.63, 3.8) is 0 Å². The van der Waals surface area contributed by atoms with Crippen LogP contribution in [0.1, 0.15) is 35.2 Å². The maximum atomic E-state index is 13.9. The van der Waals surface area contributed by atoms with Gasteiger partial charge in [-0.3, -0.25) is 4.79 Å². The number of para-hydroxylation sites is 1. The number of aromatic nitrogens is 1. The number of nitrogens with zero attached hydrogens (tertiary/aromatic N) is 2. The third kappa shape index (κ3) is 4.94. The molecule has 1 atom stereocenters. The lowest BCUT2D eigenvalue weighted by Crippen LogP contribution is -2.43. The second-order valence-corrected chi connectivity index (χ2v) is 9.18. The summed E-state index contributed by atoms with van der Waals surface area (Å²) in [6.45, 7) is 1.95. The molecule has 176 valence electrons. The fourth-order valence-electron chi connectivity index (χ4n) is 4.91. The fourth-order valence-corrected chi connectivity index (χ4v) is 4.91. The van der Waals surface area contributed by atoms with Crippen LogP contribution in [0.25, 0.3) is 0 Å². The van der Waals surface area contributed by atoms with Crippen molar-refractivity contribution >= 4 is 5.91 Å². The van der Waals surface area contributed by atoms with Gasteiger partial charge >= 0.3 is 0 Å². The largest absolute Gasteiger partial charge is 0.436 e. The summed E-state index contributed by atoms with van der Waals surface area (Å²) in [6.07, 6.45) is 4.91. The van der Waals surface area contributed by atoms with Crippen molar-refractivity contribution in [3.05, 3.63) is 89.6 Å². The molecule has 1 amide bonds. The summed E-state index contributed by atoms with van der Waals surface area (Å²) in [5.74, 6) is -0.569. The highest BCUT2D eigenvalue weighted by atomic mass is 19.1. The maximum absolute atomic E-state index is 13.9. The van der Waals surface area contributed by atoms with E-state index in [1.165, 1.54) is 24.4 Å². The van der Waals surface area contributed by atoms with Crippen LogP contribution >= 0.6 is 0 Å². The van der Waals surface area contributed by atoms with E-state index in [1.807, 2.05) is 11.0 Å². The zero-order valence-electron chi connectivity index (χ0n) is 18.8. The number of ether oxygens (including phenoxy) is 2. The van der Waals surface area contributed by atoms with E-state index in [-0.39, 0.29) is 34.9 Å². The van der Waals surface area contributed by atoms with Gasteiger partial charge in [0.2, 0.25) is 5.88 Å². The number of carbonyl (C=O) groups is 1. The number of carbonyl (C=O) groups excluding carboxylic acids is 1. The zero-order chi connectivity index (χ0) is 23.5. The third-order valence-corrected chi connectivity index (χ3v) is 6.78. The first-order chi connectivity index (χ1) is 16.5. The van der Waals surface area contributed by atoms with Crippen LogP contribution in [-0.2, 0) is 11.2 Å². The topological polar surface area (TPSA) is 51.7 Å². The van der Waals surface area contributed by atoms with E-state index in [2.05, 4.69) is 4.98 Å². The lowest BCUT2D eigenvalue weighted by Gasteiger charge is -2.38. The highest BCUT2D eigenvalue weighted by Crippen LogP contribution is 2.43. The van der Waals surface area contributed by atoms with Gasteiger partial charge in [0.05, 0.1) is 12.7 Å². The molecule has 7 heteroatoms. The van der Waals surface area contributed by atoms with Gasteiger partial charge in [-0.05, 0) is 67.0 Å². The maximum Gasteiger partial charge on any atom is 0.254 e. The van der Waals surface area contributed by atoms with Gasteiger partial charge < -0.3 is 14.4 Å². The molecule has 5 rings (SSSR count). The first kappa shape index (κ1) is 22.5. The number of benzene rings is 2. The molecule has 5 nitrogen and oxygen atoms in total. The number of pyridine rings is 1. The molecule has 0 radical (unpaired) electrons. The van der Waals surface area contributed by atoms with Gasteiger partial charge in [-0.2, -0.15) is 0 Å². The lowest BCUT2D eigenvalue weighted by atomic mass is 9.76. The minimum absolute atomic E-state index is 0.0616. The standard InChI is InChI=1S/C27H26F2N2O3/c28-21-5-3-4-19(14-21)15-22-17-27(18-33-22)9-12-31(13-10-27)26(32)20-8-11-30-25(16-20)34-24-7-2-1-6-23(24)29/h1-8,11,14,16,22H,9-10,12-13,15,17-18H2. The van der Waals surface area contributed by atoms with Gasteiger partial charge in [-0.25, -0.2) is 13.8 Å². The zero-order valence-corrected chi connectivity index (χ0v) is 18.8. The number of piperidine rings is 1. The van der Waals surface area contributed by atoms with E-state index < -0.39 is 5.82 Å². The molecule has 2 aromatic carbocycles. The van der Waals surface area contributed by atoms with Crippen LogP contribution in [0.15, 0.2) is 66.9 Å². The Labute approximate surface area is 197 Å². The second-order valence-electron chi connectivity index (χ2n) is 9.18. The van der Waals surface area contributed by atoms with Gasteiger partial charge in [0.25, 0.3) is 5.91 Å². The molecule has 2 aliphatic heterocycles. The normalized spacial score (nSPS) is 19.4. The molecule has 0 saturated carbocycles. The lowest BCUT2D eigenvalue weighted by molar-refractivity contribution is 0.0496. The number of amides is 1. The Morgan fingerprint density at radius 3 is 2.71 bits per heavy atom. The van der Waals surface area contributed by atoms with Crippen molar-refractivity contribution in [1.82, 2.24) is 9.88 Å². The molecule has 3 heterocycles. The Morgan fingerprint density at radius 1 is 1.09 bits per heavy atom. The van der Waals surface area contributed by atoms with Crippen LogP contribution in [0.3, 0.4) is 0 Å². The molecule has 0 bridgehead atoms. The van der Waals surface area contributed by atoms with E-state index in [4.69, 9.17) is 9.47 Å². The predicted molar refractivity (Wildman–Crippen MR) is 123 cm³/mol. The molecule has 1 aromatic heterocycles. The highest BCUT2D eigenvalue weighted by Gasteiger charge is 2.43. The summed E-state index contributed by atoms with van der Waals surface area (Å²) < 4.78 is 39.0. The highest BCUT2D eigenvalue weighted by molar-refractivity contribution is 5.94. The second kappa shape index (κ2) is 9.50. The van der Waals surface area contributed by atoms with Gasteiger partial charge in [-0.1, -0.05) is 24.3 Å². The molecule has 2 fully saturated rings. The molecule has 1 spiro atoms. The summed E-state index contributed by atoms with van der Waals surface area (Å²) in [4.78, 5) is 19.1. The van der Waals surface area contributed by atoms with Gasteiger partial charge in [0, 0.05) is 30.9 Å². The molecule has 2 aliphatic rings. The molecule has 2 saturated heterocycles. The van der Waals surface area contributed by atoms with Crippen LogP contribution in [-0.4, -0.2) is 41.6 Å². The number of likely N-dealkylation sites (tertiary alicyclic amines) is 1. The molecule has 1 unspecified atom stereocenters. The van der Waals surface area contributed by atoms with Crippen LogP contribution < -0.4 is 4.74 Å². The van der Waals surface area contributed by atoms with E-state index in [0.717, 1.165) is 24.8 Å². The predicted octanol–water partition coefficient (Wildman–Crippen LogP) is 5.41. The van der Waals surface area contributed by atoms with Crippen LogP contribution in [0, 0.1) is 17.0 Å². The van der Waals surface area contributed by atoms with Crippen LogP contribution in [0.4, 0.5) is 8.78 Å². The molecule has 0 aliphatic carbocycles. The smallest absolute Gasteiger partial charge is 0.254 e. The Morgan fingerprint density at radius 2 is 1.91 bits per heavy atom. The Bertz CT molecular complexity index is 1180. The summed E-state index contributed by atoms with van der Waals surface area (Å²) in [5, 5.41) is 0. The Hall–Kier alpha value is -3.32. The summed E-state index contributed by atoms with van der Waals surface area (Å²) in [6, 6.07) is 15.9. The van der Waals surface area contributed by atoms with Crippen molar-refractivity contribution < 1.29 is 23.0 Å². The minimum Gasteiger partial charge on any atom is -0.436 e. The van der Waals surface area contributed by atoms with Crippen molar-refractivity contribution in [2.24, 2.45) is 5.41 Å². The molecular formula is C27H26F2N2O3. The molecule has 3 aromatic rings. The number of hydrogen-bond donors (Lipinski definition) is 0. The van der Waals surface area contributed by atoms with E-state index >= 15 is 0 Å². The van der Waals surface area contributed by atoms with Crippen LogP contribution in [0.2, 0.25) is 0 Å². The van der Waals surface area contributed by atoms with Crippen molar-refractivity contribution in [3.8, 4) is 11.6 Å².